The number of amides is 1. The zero-order chi connectivity index (χ0) is 18.4. The topological polar surface area (TPSA) is 75.8 Å². The van der Waals surface area contributed by atoms with Crippen LogP contribution in [0.25, 0.3) is 11.1 Å². The summed E-state index contributed by atoms with van der Waals surface area (Å²) in [6, 6.07) is 14.7. The minimum absolute atomic E-state index is 0.215. The summed E-state index contributed by atoms with van der Waals surface area (Å²) >= 11 is 0. The lowest BCUT2D eigenvalue weighted by atomic mass is 9.98. The molecule has 1 aliphatic rings. The zero-order valence-corrected chi connectivity index (χ0v) is 14.9. The van der Waals surface area contributed by atoms with Crippen molar-refractivity contribution < 1.29 is 14.6 Å². The molecule has 1 unspecified atom stereocenters. The number of carbonyl (C=O) groups excluding carboxylic acids is 1. The number of carbonyl (C=O) groups is 1. The molecule has 1 amide bonds. The molecule has 1 heterocycles. The van der Waals surface area contributed by atoms with Crippen LogP contribution in [-0.4, -0.2) is 48.3 Å². The van der Waals surface area contributed by atoms with Gasteiger partial charge in [0.2, 0.25) is 5.91 Å². The molecular weight excluding hydrogens is 328 g/mol. The fourth-order valence-electron chi connectivity index (χ4n) is 3.43. The van der Waals surface area contributed by atoms with Crippen molar-refractivity contribution in [3.05, 3.63) is 54.1 Å². The van der Waals surface area contributed by atoms with E-state index < -0.39 is 12.0 Å². The van der Waals surface area contributed by atoms with E-state index in [4.69, 9.17) is 10.5 Å². The molecule has 26 heavy (non-hydrogen) atoms. The predicted octanol–water partition coefficient (Wildman–Crippen LogP) is 2.68. The summed E-state index contributed by atoms with van der Waals surface area (Å²) in [5, 5.41) is 10.3. The third kappa shape index (κ3) is 4.62. The lowest BCUT2D eigenvalue weighted by molar-refractivity contribution is 0.0619. The molecule has 0 aliphatic carbocycles. The van der Waals surface area contributed by atoms with Crippen molar-refractivity contribution in [1.82, 2.24) is 4.90 Å². The number of benzene rings is 2. The van der Waals surface area contributed by atoms with Gasteiger partial charge in [0.05, 0.1) is 0 Å². The summed E-state index contributed by atoms with van der Waals surface area (Å²) in [5.74, 6) is 0.166. The van der Waals surface area contributed by atoms with E-state index in [9.17, 15) is 9.90 Å². The molecule has 2 aromatic carbocycles. The van der Waals surface area contributed by atoms with Crippen molar-refractivity contribution in [2.75, 3.05) is 26.2 Å². The maximum atomic E-state index is 11.7. The van der Waals surface area contributed by atoms with E-state index in [1.165, 1.54) is 19.3 Å². The molecule has 1 atom stereocenters. The van der Waals surface area contributed by atoms with Crippen molar-refractivity contribution in [2.24, 2.45) is 5.73 Å². The minimum atomic E-state index is -0.549. The van der Waals surface area contributed by atoms with Gasteiger partial charge < -0.3 is 20.5 Å². The van der Waals surface area contributed by atoms with Gasteiger partial charge in [-0.1, -0.05) is 42.8 Å². The van der Waals surface area contributed by atoms with E-state index in [-0.39, 0.29) is 6.61 Å². The summed E-state index contributed by atoms with van der Waals surface area (Å²) in [6.07, 6.45) is 3.11. The Kier molecular flexibility index (Phi) is 6.26. The monoisotopic (exact) mass is 354 g/mol. The first kappa shape index (κ1) is 18.4. The number of primary amides is 1. The molecule has 5 heteroatoms. The van der Waals surface area contributed by atoms with E-state index in [0.29, 0.717) is 17.9 Å². The summed E-state index contributed by atoms with van der Waals surface area (Å²) in [5.41, 5.74) is 7.49. The van der Waals surface area contributed by atoms with Gasteiger partial charge in [0.25, 0.3) is 0 Å². The second kappa shape index (κ2) is 8.83. The molecule has 3 rings (SSSR count). The third-order valence-corrected chi connectivity index (χ3v) is 4.72. The number of hydrogen-bond acceptors (Lipinski definition) is 4. The number of β-amino-alcohol motifs (C(OH)–C–C–N with tert-alkyl or cyclic N) is 1. The van der Waals surface area contributed by atoms with Crippen LogP contribution in [0.2, 0.25) is 0 Å². The van der Waals surface area contributed by atoms with E-state index in [1.807, 2.05) is 36.4 Å². The molecule has 0 spiro atoms. The quantitative estimate of drug-likeness (QED) is 0.801. The van der Waals surface area contributed by atoms with Crippen molar-refractivity contribution in [2.45, 2.75) is 25.4 Å². The molecule has 0 bridgehead atoms. The number of piperidine rings is 1. The van der Waals surface area contributed by atoms with Gasteiger partial charge in [-0.15, -0.1) is 0 Å². The summed E-state index contributed by atoms with van der Waals surface area (Å²) < 4.78 is 5.90. The van der Waals surface area contributed by atoms with Crippen LogP contribution < -0.4 is 10.5 Å². The van der Waals surface area contributed by atoms with Crippen molar-refractivity contribution in [3.63, 3.8) is 0 Å². The minimum Gasteiger partial charge on any atom is -0.490 e. The van der Waals surface area contributed by atoms with Gasteiger partial charge >= 0.3 is 0 Å². The normalized spacial score (nSPS) is 16.2. The molecule has 0 saturated carbocycles. The average Bonchev–Trinajstić information content (AvgIpc) is 2.67. The van der Waals surface area contributed by atoms with Gasteiger partial charge in [-0.2, -0.15) is 0 Å². The zero-order valence-electron chi connectivity index (χ0n) is 14.9. The average molecular weight is 354 g/mol. The molecule has 1 fully saturated rings. The molecule has 0 radical (unpaired) electrons. The number of ether oxygens (including phenoxy) is 1. The number of nitrogens with zero attached hydrogens (tertiary/aromatic N) is 1. The van der Waals surface area contributed by atoms with E-state index in [1.54, 1.807) is 12.1 Å². The smallest absolute Gasteiger partial charge is 0.249 e. The molecule has 3 N–H and O–H groups in total. The fourth-order valence-corrected chi connectivity index (χ4v) is 3.43. The number of nitrogens with two attached hydrogens (primary N) is 1. The van der Waals surface area contributed by atoms with E-state index >= 15 is 0 Å². The highest BCUT2D eigenvalue weighted by atomic mass is 16.5. The highest BCUT2D eigenvalue weighted by molar-refractivity contribution is 6.00. The van der Waals surface area contributed by atoms with Crippen LogP contribution >= 0.6 is 0 Å². The lowest BCUT2D eigenvalue weighted by Gasteiger charge is -2.28. The highest BCUT2D eigenvalue weighted by Gasteiger charge is 2.17. The molecule has 138 valence electrons. The summed E-state index contributed by atoms with van der Waals surface area (Å²) in [4.78, 5) is 14.0. The SMILES string of the molecule is NC(=O)c1ccccc1-c1ccccc1OCC(O)CN1CCCCC1. The van der Waals surface area contributed by atoms with Gasteiger partial charge in [0.1, 0.15) is 18.5 Å². The van der Waals surface area contributed by atoms with Crippen LogP contribution in [0.1, 0.15) is 29.6 Å². The Labute approximate surface area is 154 Å². The van der Waals surface area contributed by atoms with E-state index in [0.717, 1.165) is 24.2 Å². The molecule has 0 aromatic heterocycles. The Morgan fingerprint density at radius 1 is 1.04 bits per heavy atom. The number of aliphatic hydroxyl groups excluding tert-OH is 1. The number of likely N-dealkylation sites (tertiary alicyclic amines) is 1. The first-order valence-electron chi connectivity index (χ1n) is 9.16. The summed E-state index contributed by atoms with van der Waals surface area (Å²) in [7, 11) is 0. The van der Waals surface area contributed by atoms with Crippen LogP contribution in [-0.2, 0) is 0 Å². The first-order chi connectivity index (χ1) is 12.6. The van der Waals surface area contributed by atoms with Crippen molar-refractivity contribution in [3.8, 4) is 16.9 Å². The molecule has 1 aliphatic heterocycles. The number of para-hydroxylation sites is 1. The van der Waals surface area contributed by atoms with Gasteiger partial charge in [0, 0.05) is 17.7 Å². The molecular formula is C21H26N2O3. The van der Waals surface area contributed by atoms with Crippen LogP contribution in [0, 0.1) is 0 Å². The first-order valence-corrected chi connectivity index (χ1v) is 9.16. The third-order valence-electron chi connectivity index (χ3n) is 4.72. The van der Waals surface area contributed by atoms with Gasteiger partial charge in [0.15, 0.2) is 0 Å². The predicted molar refractivity (Wildman–Crippen MR) is 102 cm³/mol. The summed E-state index contributed by atoms with van der Waals surface area (Å²) in [6.45, 7) is 2.92. The number of rotatable bonds is 7. The Balaban J connectivity index is 1.71. The maximum absolute atomic E-state index is 11.7. The van der Waals surface area contributed by atoms with Gasteiger partial charge in [-0.3, -0.25) is 4.79 Å². The van der Waals surface area contributed by atoms with Crippen molar-refractivity contribution >= 4 is 5.91 Å². The number of aliphatic hydroxyl groups is 1. The Hall–Kier alpha value is -2.37. The Morgan fingerprint density at radius 2 is 1.69 bits per heavy atom. The van der Waals surface area contributed by atoms with Gasteiger partial charge in [-0.05, 0) is 43.6 Å². The fraction of sp³-hybridized carbons (Fsp3) is 0.381. The maximum Gasteiger partial charge on any atom is 0.249 e. The largest absolute Gasteiger partial charge is 0.490 e. The van der Waals surface area contributed by atoms with Crippen molar-refractivity contribution in [1.29, 1.82) is 0 Å². The second-order valence-corrected chi connectivity index (χ2v) is 6.73. The highest BCUT2D eigenvalue weighted by Crippen LogP contribution is 2.32. The van der Waals surface area contributed by atoms with E-state index in [2.05, 4.69) is 4.90 Å². The molecule has 1 saturated heterocycles. The van der Waals surface area contributed by atoms with Crippen LogP contribution in [0.4, 0.5) is 0 Å². The van der Waals surface area contributed by atoms with Gasteiger partial charge in [-0.25, -0.2) is 0 Å². The molecule has 2 aromatic rings. The lowest BCUT2D eigenvalue weighted by Crippen LogP contribution is -2.38. The standard InChI is InChI=1S/C21H26N2O3/c22-21(25)19-10-3-2-8-17(19)18-9-4-5-11-20(18)26-15-16(24)14-23-12-6-1-7-13-23/h2-5,8-11,16,24H,1,6-7,12-15H2,(H2,22,25). The number of hydrogen-bond donors (Lipinski definition) is 2. The Bertz CT molecular complexity index is 742. The second-order valence-electron chi connectivity index (χ2n) is 6.73. The molecule has 5 nitrogen and oxygen atoms in total. The Morgan fingerprint density at radius 3 is 2.42 bits per heavy atom. The van der Waals surface area contributed by atoms with Crippen LogP contribution in [0.3, 0.4) is 0 Å². The van der Waals surface area contributed by atoms with Crippen LogP contribution in [0.5, 0.6) is 5.75 Å². The van der Waals surface area contributed by atoms with Crippen LogP contribution in [0.15, 0.2) is 48.5 Å².